The summed E-state index contributed by atoms with van der Waals surface area (Å²) >= 11 is 2.64. The van der Waals surface area contributed by atoms with Gasteiger partial charge in [0.15, 0.2) is 16.1 Å². The molecule has 2 aromatic heterocycles. The highest BCUT2D eigenvalue weighted by molar-refractivity contribution is 7.99. The minimum Gasteiger partial charge on any atom is -0.345 e. The Kier molecular flexibility index (Phi) is 9.97. The van der Waals surface area contributed by atoms with Crippen LogP contribution in [-0.4, -0.2) is 63.1 Å². The summed E-state index contributed by atoms with van der Waals surface area (Å²) in [7, 11) is -3.63. The molecule has 234 valence electrons. The van der Waals surface area contributed by atoms with E-state index in [1.54, 1.807) is 13.8 Å². The molecule has 0 atom stereocenters. The third-order valence-electron chi connectivity index (χ3n) is 7.26. The number of hydrogen-bond acceptors (Lipinski definition) is 9. The van der Waals surface area contributed by atoms with Gasteiger partial charge in [-0.15, -0.1) is 10.2 Å². The molecule has 45 heavy (non-hydrogen) atoms. The third kappa shape index (κ3) is 7.09. The molecule has 3 aromatic carbocycles. The highest BCUT2D eigenvalue weighted by atomic mass is 32.2. The van der Waals surface area contributed by atoms with E-state index >= 15 is 0 Å². The summed E-state index contributed by atoms with van der Waals surface area (Å²) < 4.78 is 29.8. The lowest BCUT2D eigenvalue weighted by Gasteiger charge is -2.18. The maximum atomic E-state index is 13.1. The molecule has 2 N–H and O–H groups in total. The van der Waals surface area contributed by atoms with Crippen LogP contribution in [0.5, 0.6) is 0 Å². The van der Waals surface area contributed by atoms with Gasteiger partial charge in [0.05, 0.1) is 33.1 Å². The molecule has 0 bridgehead atoms. The summed E-state index contributed by atoms with van der Waals surface area (Å²) in [5.74, 6) is -0.0574. The smallest absolute Gasteiger partial charge is 0.251 e. The van der Waals surface area contributed by atoms with Crippen molar-refractivity contribution < 1.29 is 18.0 Å². The van der Waals surface area contributed by atoms with Crippen molar-refractivity contribution >= 4 is 60.3 Å². The Balaban J connectivity index is 1.32. The van der Waals surface area contributed by atoms with Crippen LogP contribution in [0, 0.1) is 13.8 Å². The molecule has 0 aliphatic rings. The number of para-hydroxylation sites is 1. The van der Waals surface area contributed by atoms with Crippen molar-refractivity contribution in [1.29, 1.82) is 0 Å². The van der Waals surface area contributed by atoms with Crippen molar-refractivity contribution in [3.8, 4) is 5.69 Å². The number of nitrogens with one attached hydrogen (secondary N) is 2. The molecule has 0 radical (unpaired) electrons. The molecule has 5 aromatic rings. The Labute approximate surface area is 270 Å². The van der Waals surface area contributed by atoms with Crippen molar-refractivity contribution in [3.63, 3.8) is 0 Å². The van der Waals surface area contributed by atoms with Gasteiger partial charge in [0.2, 0.25) is 15.9 Å². The number of carbonyl (C=O) groups is 2. The zero-order valence-corrected chi connectivity index (χ0v) is 27.7. The molecule has 11 nitrogen and oxygen atoms in total. The number of nitrogens with zero attached hydrogens (tertiary/aromatic N) is 5. The van der Waals surface area contributed by atoms with Gasteiger partial charge in [-0.05, 0) is 67.4 Å². The summed E-state index contributed by atoms with van der Waals surface area (Å²) in [5.41, 5.74) is 4.06. The standard InChI is InChI=1S/C31H33N7O4S3/c1-5-37(6-2)45(41,42)23-16-14-22(15-17-23)29(40)32-18-27-35-36-31(38(27)25-12-9-10-20(3)21(25)4)43-19-28(39)34-30-33-24-11-7-8-13-26(24)44-30/h7-17H,5-6,18-19H2,1-4H3,(H,32,40)(H,33,34,39). The van der Waals surface area contributed by atoms with Gasteiger partial charge in [-0.2, -0.15) is 4.31 Å². The summed E-state index contributed by atoms with van der Waals surface area (Å²) in [4.78, 5) is 30.5. The van der Waals surface area contributed by atoms with E-state index in [2.05, 4.69) is 25.8 Å². The van der Waals surface area contributed by atoms with E-state index in [4.69, 9.17) is 0 Å². The summed E-state index contributed by atoms with van der Waals surface area (Å²) in [6.45, 7) is 8.33. The fraction of sp³-hybridized carbons (Fsp3) is 0.258. The first-order valence-electron chi connectivity index (χ1n) is 14.3. The molecule has 2 amide bonds. The normalized spacial score (nSPS) is 11.7. The number of carbonyl (C=O) groups excluding carboxylic acids is 2. The van der Waals surface area contributed by atoms with E-state index in [0.29, 0.717) is 34.8 Å². The van der Waals surface area contributed by atoms with Crippen LogP contribution in [0.1, 0.15) is 41.2 Å². The highest BCUT2D eigenvalue weighted by Crippen LogP contribution is 2.28. The molecule has 0 aliphatic heterocycles. The molecule has 0 aliphatic carbocycles. The highest BCUT2D eigenvalue weighted by Gasteiger charge is 2.22. The van der Waals surface area contributed by atoms with E-state index in [1.165, 1.54) is 51.7 Å². The predicted octanol–water partition coefficient (Wildman–Crippen LogP) is 5.19. The number of thioether (sulfide) groups is 1. The second-order valence-corrected chi connectivity index (χ2v) is 14.0. The van der Waals surface area contributed by atoms with Gasteiger partial charge in [-0.3, -0.25) is 14.2 Å². The Bertz CT molecular complexity index is 1920. The average molecular weight is 664 g/mol. The Morgan fingerprint density at radius 1 is 0.956 bits per heavy atom. The lowest BCUT2D eigenvalue weighted by molar-refractivity contribution is -0.113. The predicted molar refractivity (Wildman–Crippen MR) is 178 cm³/mol. The van der Waals surface area contributed by atoms with Crippen molar-refractivity contribution in [2.75, 3.05) is 24.2 Å². The molecule has 0 spiro atoms. The van der Waals surface area contributed by atoms with Gasteiger partial charge >= 0.3 is 0 Å². The molecule has 14 heteroatoms. The largest absolute Gasteiger partial charge is 0.345 e. The van der Waals surface area contributed by atoms with Crippen LogP contribution in [0.3, 0.4) is 0 Å². The van der Waals surface area contributed by atoms with E-state index in [0.717, 1.165) is 27.0 Å². The zero-order valence-electron chi connectivity index (χ0n) is 25.3. The quantitative estimate of drug-likeness (QED) is 0.174. The topological polar surface area (TPSA) is 139 Å². The van der Waals surface area contributed by atoms with Crippen molar-refractivity contribution in [2.45, 2.75) is 44.3 Å². The molecule has 0 saturated carbocycles. The van der Waals surface area contributed by atoms with Crippen LogP contribution >= 0.6 is 23.1 Å². The maximum Gasteiger partial charge on any atom is 0.251 e. The van der Waals surface area contributed by atoms with Crippen molar-refractivity contribution in [2.24, 2.45) is 0 Å². The van der Waals surface area contributed by atoms with Crippen LogP contribution in [0.2, 0.25) is 0 Å². The van der Waals surface area contributed by atoms with Gasteiger partial charge < -0.3 is 10.6 Å². The minimum absolute atomic E-state index is 0.0528. The Morgan fingerprint density at radius 2 is 1.69 bits per heavy atom. The first-order valence-corrected chi connectivity index (χ1v) is 17.5. The fourth-order valence-corrected chi connectivity index (χ4v) is 7.80. The average Bonchev–Trinajstić information content (AvgIpc) is 3.64. The van der Waals surface area contributed by atoms with E-state index in [9.17, 15) is 18.0 Å². The zero-order chi connectivity index (χ0) is 32.1. The lowest BCUT2D eigenvalue weighted by Crippen LogP contribution is -2.30. The number of amides is 2. The van der Waals surface area contributed by atoms with E-state index in [1.807, 2.05) is 60.9 Å². The minimum atomic E-state index is -3.63. The summed E-state index contributed by atoms with van der Waals surface area (Å²) in [6.07, 6.45) is 0. The molecule has 0 fully saturated rings. The van der Waals surface area contributed by atoms with Gasteiger partial charge in [-0.25, -0.2) is 13.4 Å². The molecular weight excluding hydrogens is 631 g/mol. The number of rotatable bonds is 12. The first-order chi connectivity index (χ1) is 21.6. The van der Waals surface area contributed by atoms with E-state index < -0.39 is 10.0 Å². The molecule has 0 saturated heterocycles. The number of aryl methyl sites for hydroxylation is 1. The Morgan fingerprint density at radius 3 is 2.40 bits per heavy atom. The van der Waals surface area contributed by atoms with Crippen LogP contribution in [0.4, 0.5) is 5.13 Å². The third-order valence-corrected chi connectivity index (χ3v) is 11.2. The Hall–Kier alpha value is -4.11. The summed E-state index contributed by atoms with van der Waals surface area (Å²) in [5, 5.41) is 15.5. The molecule has 2 heterocycles. The summed E-state index contributed by atoms with van der Waals surface area (Å²) in [6, 6.07) is 19.4. The van der Waals surface area contributed by atoms with Crippen LogP contribution in [0.15, 0.2) is 76.8 Å². The van der Waals surface area contributed by atoms with Gasteiger partial charge in [-0.1, -0.05) is 61.2 Å². The fourth-order valence-electron chi connectivity index (χ4n) is 4.69. The first kappa shape index (κ1) is 32.3. The van der Waals surface area contributed by atoms with Gasteiger partial charge in [0.1, 0.15) is 0 Å². The van der Waals surface area contributed by atoms with E-state index in [-0.39, 0.29) is 29.0 Å². The monoisotopic (exact) mass is 663 g/mol. The van der Waals surface area contributed by atoms with Crippen LogP contribution in [-0.2, 0) is 21.4 Å². The molecule has 0 unspecified atom stereocenters. The maximum absolute atomic E-state index is 13.1. The van der Waals surface area contributed by atoms with Crippen LogP contribution < -0.4 is 10.6 Å². The number of hydrogen-bond donors (Lipinski definition) is 2. The number of sulfonamides is 1. The van der Waals surface area contributed by atoms with Gasteiger partial charge in [0.25, 0.3) is 5.91 Å². The SMILES string of the molecule is CCN(CC)S(=O)(=O)c1ccc(C(=O)NCc2nnc(SCC(=O)Nc3nc4ccccc4s3)n2-c2cccc(C)c2C)cc1. The molecular formula is C31H33N7O4S3. The second kappa shape index (κ2) is 13.9. The second-order valence-electron chi connectivity index (χ2n) is 10.1. The number of benzene rings is 3. The lowest BCUT2D eigenvalue weighted by atomic mass is 10.1. The van der Waals surface area contributed by atoms with Crippen LogP contribution in [0.25, 0.3) is 15.9 Å². The number of aromatic nitrogens is 4. The molecule has 5 rings (SSSR count). The number of anilines is 1. The van der Waals surface area contributed by atoms with Gasteiger partial charge in [0, 0.05) is 18.7 Å². The number of thiazole rings is 1. The number of fused-ring (bicyclic) bond motifs is 1. The van der Waals surface area contributed by atoms with Crippen molar-refractivity contribution in [3.05, 3.63) is 89.2 Å². The van der Waals surface area contributed by atoms with Crippen molar-refractivity contribution in [1.82, 2.24) is 29.4 Å².